The van der Waals surface area contributed by atoms with Crippen LogP contribution < -0.4 is 0 Å². The Morgan fingerprint density at radius 1 is 1.46 bits per heavy atom. The Bertz CT molecular complexity index is 310. The highest BCUT2D eigenvalue weighted by Crippen LogP contribution is 2.14. The number of aldehydes is 1. The minimum atomic E-state index is 0.743. The van der Waals surface area contributed by atoms with E-state index in [-0.39, 0.29) is 0 Å². The minimum Gasteiger partial charge on any atom is -0.305 e. The summed E-state index contributed by atoms with van der Waals surface area (Å²) in [5, 5.41) is 0. The lowest BCUT2D eigenvalue weighted by atomic mass is 10.1. The van der Waals surface area contributed by atoms with Crippen LogP contribution in [0.15, 0.2) is 18.2 Å². The average molecular weight is 289 g/mol. The Hall–Kier alpha value is -0.420. The topological polar surface area (TPSA) is 20.3 Å². The molecule has 0 amide bonds. The lowest BCUT2D eigenvalue weighted by molar-refractivity contribution is 0.112. The first-order chi connectivity index (χ1) is 6.13. The zero-order valence-corrected chi connectivity index (χ0v) is 9.91. The Kier molecular flexibility index (Phi) is 3.87. The standard InChI is InChI=1S/C10H12INO/c1-12(2)6-9-4-3-8(7-13)5-10(9)11/h3-5,7H,6H2,1-2H3. The van der Waals surface area contributed by atoms with Crippen molar-refractivity contribution in [2.75, 3.05) is 14.1 Å². The highest BCUT2D eigenvalue weighted by molar-refractivity contribution is 14.1. The number of rotatable bonds is 3. The van der Waals surface area contributed by atoms with E-state index in [9.17, 15) is 4.79 Å². The molecule has 0 aromatic heterocycles. The van der Waals surface area contributed by atoms with Gasteiger partial charge in [0.15, 0.2) is 0 Å². The molecule has 0 saturated heterocycles. The van der Waals surface area contributed by atoms with Crippen LogP contribution in [0.4, 0.5) is 0 Å². The van der Waals surface area contributed by atoms with Crippen LogP contribution in [0.2, 0.25) is 0 Å². The quantitative estimate of drug-likeness (QED) is 0.628. The fraction of sp³-hybridized carbons (Fsp3) is 0.300. The number of nitrogens with zero attached hydrogens (tertiary/aromatic N) is 1. The van der Waals surface area contributed by atoms with Gasteiger partial charge in [-0.15, -0.1) is 0 Å². The van der Waals surface area contributed by atoms with Crippen molar-refractivity contribution in [3.05, 3.63) is 32.9 Å². The fourth-order valence-corrected chi connectivity index (χ4v) is 1.82. The molecule has 0 heterocycles. The molecule has 1 aromatic carbocycles. The second-order valence-corrected chi connectivity index (χ2v) is 4.37. The van der Waals surface area contributed by atoms with Crippen LogP contribution in [0.1, 0.15) is 15.9 Å². The van der Waals surface area contributed by atoms with Crippen molar-refractivity contribution >= 4 is 28.9 Å². The van der Waals surface area contributed by atoms with Gasteiger partial charge in [-0.2, -0.15) is 0 Å². The molecule has 0 aliphatic heterocycles. The molecule has 0 radical (unpaired) electrons. The zero-order chi connectivity index (χ0) is 9.84. The van der Waals surface area contributed by atoms with Crippen molar-refractivity contribution in [3.8, 4) is 0 Å². The van der Waals surface area contributed by atoms with Crippen LogP contribution >= 0.6 is 22.6 Å². The zero-order valence-electron chi connectivity index (χ0n) is 7.75. The molecule has 0 atom stereocenters. The third kappa shape index (κ3) is 3.08. The first kappa shape index (κ1) is 10.7. The summed E-state index contributed by atoms with van der Waals surface area (Å²) in [6.45, 7) is 0.914. The number of benzene rings is 1. The van der Waals surface area contributed by atoms with E-state index in [0.29, 0.717) is 0 Å². The fourth-order valence-electron chi connectivity index (χ4n) is 1.11. The molecule has 0 saturated carbocycles. The largest absolute Gasteiger partial charge is 0.305 e. The van der Waals surface area contributed by atoms with Crippen molar-refractivity contribution in [3.63, 3.8) is 0 Å². The first-order valence-electron chi connectivity index (χ1n) is 4.02. The second-order valence-electron chi connectivity index (χ2n) is 3.21. The monoisotopic (exact) mass is 289 g/mol. The van der Waals surface area contributed by atoms with Gasteiger partial charge in [0, 0.05) is 15.7 Å². The normalized spacial score (nSPS) is 10.5. The molecule has 13 heavy (non-hydrogen) atoms. The van der Waals surface area contributed by atoms with E-state index in [1.54, 1.807) is 0 Å². The van der Waals surface area contributed by atoms with Gasteiger partial charge >= 0.3 is 0 Å². The maximum atomic E-state index is 10.5. The summed E-state index contributed by atoms with van der Waals surface area (Å²) < 4.78 is 1.15. The van der Waals surface area contributed by atoms with Gasteiger partial charge in [0.2, 0.25) is 0 Å². The Morgan fingerprint density at radius 2 is 2.15 bits per heavy atom. The van der Waals surface area contributed by atoms with Crippen LogP contribution in [0.25, 0.3) is 0 Å². The van der Waals surface area contributed by atoms with Gasteiger partial charge in [0.05, 0.1) is 0 Å². The number of hydrogen-bond acceptors (Lipinski definition) is 2. The van der Waals surface area contributed by atoms with Crippen molar-refractivity contribution in [1.82, 2.24) is 4.90 Å². The van der Waals surface area contributed by atoms with Crippen LogP contribution in [-0.2, 0) is 6.54 Å². The number of carbonyl (C=O) groups excluding carboxylic acids is 1. The molecule has 0 bridgehead atoms. The van der Waals surface area contributed by atoms with E-state index in [1.807, 2.05) is 32.3 Å². The summed E-state index contributed by atoms with van der Waals surface area (Å²) in [6.07, 6.45) is 0.877. The predicted octanol–water partition coefficient (Wildman–Crippen LogP) is 2.17. The summed E-state index contributed by atoms with van der Waals surface area (Å²) in [5.74, 6) is 0. The molecule has 0 unspecified atom stereocenters. The van der Waals surface area contributed by atoms with E-state index >= 15 is 0 Å². The number of hydrogen-bond donors (Lipinski definition) is 0. The molecule has 0 aliphatic rings. The van der Waals surface area contributed by atoms with Gasteiger partial charge in [-0.05, 0) is 48.3 Å². The van der Waals surface area contributed by atoms with Crippen molar-refractivity contribution < 1.29 is 4.79 Å². The van der Waals surface area contributed by atoms with E-state index in [4.69, 9.17) is 0 Å². The molecule has 0 N–H and O–H groups in total. The smallest absolute Gasteiger partial charge is 0.150 e. The molecule has 0 aliphatic carbocycles. The molecule has 0 spiro atoms. The Labute approximate surface area is 92.1 Å². The molecule has 2 nitrogen and oxygen atoms in total. The highest BCUT2D eigenvalue weighted by Gasteiger charge is 2.01. The molecular weight excluding hydrogens is 277 g/mol. The van der Waals surface area contributed by atoms with Crippen molar-refractivity contribution in [2.45, 2.75) is 6.54 Å². The lowest BCUT2D eigenvalue weighted by Crippen LogP contribution is -2.11. The van der Waals surface area contributed by atoms with E-state index in [2.05, 4.69) is 27.5 Å². The minimum absolute atomic E-state index is 0.743. The third-order valence-corrected chi connectivity index (χ3v) is 2.70. The van der Waals surface area contributed by atoms with E-state index < -0.39 is 0 Å². The molecule has 1 rings (SSSR count). The highest BCUT2D eigenvalue weighted by atomic mass is 127. The van der Waals surface area contributed by atoms with Gasteiger partial charge in [-0.1, -0.05) is 12.1 Å². The Balaban J connectivity index is 2.91. The second kappa shape index (κ2) is 4.72. The predicted molar refractivity (Wildman–Crippen MR) is 61.9 cm³/mol. The van der Waals surface area contributed by atoms with Gasteiger partial charge < -0.3 is 4.90 Å². The summed E-state index contributed by atoms with van der Waals surface area (Å²) >= 11 is 2.26. The third-order valence-electron chi connectivity index (χ3n) is 1.70. The van der Waals surface area contributed by atoms with Crippen LogP contribution in [0, 0.1) is 3.57 Å². The van der Waals surface area contributed by atoms with Crippen LogP contribution in [0.3, 0.4) is 0 Å². The lowest BCUT2D eigenvalue weighted by Gasteiger charge is -2.11. The van der Waals surface area contributed by atoms with E-state index in [0.717, 1.165) is 22.0 Å². The van der Waals surface area contributed by atoms with Gasteiger partial charge in [-0.25, -0.2) is 0 Å². The first-order valence-corrected chi connectivity index (χ1v) is 5.09. The summed E-state index contributed by atoms with van der Waals surface area (Å²) in [5.41, 5.74) is 2.00. The average Bonchev–Trinajstić information content (AvgIpc) is 2.08. The van der Waals surface area contributed by atoms with E-state index in [1.165, 1.54) is 5.56 Å². The van der Waals surface area contributed by atoms with Gasteiger partial charge in [-0.3, -0.25) is 4.79 Å². The molecule has 1 aromatic rings. The molecule has 70 valence electrons. The SMILES string of the molecule is CN(C)Cc1ccc(C=O)cc1I. The van der Waals surface area contributed by atoms with Gasteiger partial charge in [0.25, 0.3) is 0 Å². The maximum absolute atomic E-state index is 10.5. The van der Waals surface area contributed by atoms with Crippen LogP contribution in [-0.4, -0.2) is 25.3 Å². The molecule has 3 heteroatoms. The number of halogens is 1. The van der Waals surface area contributed by atoms with Crippen molar-refractivity contribution in [2.24, 2.45) is 0 Å². The summed E-state index contributed by atoms with van der Waals surface area (Å²) in [6, 6.07) is 5.77. The molecule has 0 fully saturated rings. The van der Waals surface area contributed by atoms with Gasteiger partial charge in [0.1, 0.15) is 6.29 Å². The maximum Gasteiger partial charge on any atom is 0.150 e. The van der Waals surface area contributed by atoms with Crippen LogP contribution in [0.5, 0.6) is 0 Å². The number of carbonyl (C=O) groups is 1. The summed E-state index contributed by atoms with van der Waals surface area (Å²) in [7, 11) is 4.06. The molecular formula is C10H12INO. The van der Waals surface area contributed by atoms with Crippen molar-refractivity contribution in [1.29, 1.82) is 0 Å². The summed E-state index contributed by atoms with van der Waals surface area (Å²) in [4.78, 5) is 12.6. The Morgan fingerprint density at radius 3 is 2.62 bits per heavy atom.